The lowest BCUT2D eigenvalue weighted by Crippen LogP contribution is -2.49. The Kier molecular flexibility index (Phi) is 3.94. The highest BCUT2D eigenvalue weighted by molar-refractivity contribution is 5.94. The number of carbonyl (C=O) groups excluding carboxylic acids is 1. The number of aromatic nitrogens is 1. The fraction of sp³-hybridized carbons (Fsp3) is 0.368. The molecule has 1 amide bonds. The van der Waals surface area contributed by atoms with Crippen LogP contribution in [0.4, 0.5) is 0 Å². The van der Waals surface area contributed by atoms with Gasteiger partial charge in [0.2, 0.25) is 0 Å². The summed E-state index contributed by atoms with van der Waals surface area (Å²) in [6.45, 7) is 2.06. The molecule has 0 spiro atoms. The lowest BCUT2D eigenvalue weighted by Gasteiger charge is -2.36. The number of carbonyl (C=O) groups is 1. The van der Waals surface area contributed by atoms with Crippen LogP contribution >= 0.6 is 0 Å². The number of hydrogen-bond acceptors (Lipinski definition) is 3. The van der Waals surface area contributed by atoms with Gasteiger partial charge in [0.25, 0.3) is 11.5 Å². The minimum atomic E-state index is -0.258. The third-order valence-corrected chi connectivity index (χ3v) is 5.01. The van der Waals surface area contributed by atoms with Crippen LogP contribution in [-0.2, 0) is 12.8 Å². The van der Waals surface area contributed by atoms with Gasteiger partial charge in [-0.15, -0.1) is 0 Å². The summed E-state index contributed by atoms with van der Waals surface area (Å²) in [4.78, 5) is 30.2. The van der Waals surface area contributed by atoms with E-state index in [1.807, 2.05) is 41.3 Å². The first-order valence-corrected chi connectivity index (χ1v) is 8.56. The lowest BCUT2D eigenvalue weighted by atomic mass is 10.0. The predicted molar refractivity (Wildman–Crippen MR) is 92.2 cm³/mol. The van der Waals surface area contributed by atoms with E-state index >= 15 is 0 Å². The summed E-state index contributed by atoms with van der Waals surface area (Å²) in [5.74, 6) is -0.165. The summed E-state index contributed by atoms with van der Waals surface area (Å²) in [5, 5.41) is 3.35. The summed E-state index contributed by atoms with van der Waals surface area (Å²) in [6.07, 6.45) is 2.89. The first kappa shape index (κ1) is 15.1. The van der Waals surface area contributed by atoms with E-state index in [0.29, 0.717) is 13.1 Å². The van der Waals surface area contributed by atoms with Crippen LogP contribution in [-0.4, -0.2) is 35.4 Å². The molecule has 0 bridgehead atoms. The zero-order chi connectivity index (χ0) is 16.5. The molecular formula is C19H21N3O2. The molecule has 1 aromatic carbocycles. The number of H-pyrrole nitrogens is 1. The Labute approximate surface area is 140 Å². The van der Waals surface area contributed by atoms with Gasteiger partial charge in [-0.2, -0.15) is 0 Å². The van der Waals surface area contributed by atoms with E-state index in [-0.39, 0.29) is 23.1 Å². The normalized spacial score (nSPS) is 20.0. The topological polar surface area (TPSA) is 65.2 Å². The smallest absolute Gasteiger partial charge is 0.261 e. The molecule has 1 fully saturated rings. The maximum absolute atomic E-state index is 13.1. The van der Waals surface area contributed by atoms with Gasteiger partial charge in [-0.3, -0.25) is 9.59 Å². The third-order valence-electron chi connectivity index (χ3n) is 5.01. The van der Waals surface area contributed by atoms with Gasteiger partial charge in [0, 0.05) is 25.3 Å². The van der Waals surface area contributed by atoms with Crippen molar-refractivity contribution in [3.05, 3.63) is 69.1 Å². The van der Waals surface area contributed by atoms with Crippen molar-refractivity contribution in [1.29, 1.82) is 0 Å². The molecule has 2 heterocycles. The van der Waals surface area contributed by atoms with Crippen LogP contribution in [0.5, 0.6) is 0 Å². The molecule has 5 heteroatoms. The highest BCUT2D eigenvalue weighted by Gasteiger charge is 2.30. The molecule has 2 N–H and O–H groups in total. The summed E-state index contributed by atoms with van der Waals surface area (Å²) in [7, 11) is 0. The molecule has 124 valence electrons. The van der Waals surface area contributed by atoms with Gasteiger partial charge in [0.05, 0.1) is 6.04 Å². The Bertz CT molecular complexity index is 813. The van der Waals surface area contributed by atoms with Crippen molar-refractivity contribution in [2.75, 3.05) is 19.6 Å². The van der Waals surface area contributed by atoms with Crippen LogP contribution in [0.3, 0.4) is 0 Å². The first-order chi connectivity index (χ1) is 11.7. The molecule has 1 saturated heterocycles. The van der Waals surface area contributed by atoms with E-state index in [4.69, 9.17) is 0 Å². The van der Waals surface area contributed by atoms with Gasteiger partial charge >= 0.3 is 0 Å². The van der Waals surface area contributed by atoms with Crippen molar-refractivity contribution in [3.8, 4) is 0 Å². The van der Waals surface area contributed by atoms with Gasteiger partial charge in [-0.05, 0) is 36.5 Å². The number of nitrogens with one attached hydrogen (secondary N) is 2. The number of rotatable bonds is 2. The molecule has 0 radical (unpaired) electrons. The van der Waals surface area contributed by atoms with Gasteiger partial charge in [-0.25, -0.2) is 0 Å². The first-order valence-electron chi connectivity index (χ1n) is 8.56. The largest absolute Gasteiger partial charge is 0.329 e. The van der Waals surface area contributed by atoms with Crippen LogP contribution < -0.4 is 10.9 Å². The number of fused-ring (bicyclic) bond motifs is 1. The van der Waals surface area contributed by atoms with Crippen molar-refractivity contribution >= 4 is 5.91 Å². The molecule has 0 saturated carbocycles. The van der Waals surface area contributed by atoms with Gasteiger partial charge in [0.15, 0.2) is 0 Å². The van der Waals surface area contributed by atoms with E-state index in [2.05, 4.69) is 10.3 Å². The zero-order valence-corrected chi connectivity index (χ0v) is 13.5. The molecule has 4 rings (SSSR count). The van der Waals surface area contributed by atoms with Gasteiger partial charge in [0.1, 0.15) is 5.56 Å². The maximum atomic E-state index is 13.1. The second kappa shape index (κ2) is 6.24. The molecule has 2 aromatic rings. The average Bonchev–Trinajstić information content (AvgIpc) is 3.08. The molecule has 1 aliphatic carbocycles. The second-order valence-electron chi connectivity index (χ2n) is 6.50. The maximum Gasteiger partial charge on any atom is 0.261 e. The van der Waals surface area contributed by atoms with Crippen LogP contribution in [0.15, 0.2) is 41.2 Å². The molecule has 1 aromatic heterocycles. The SMILES string of the molecule is O=C(c1cc2c([nH]c1=O)CCC2)N1CCNCC1c1ccccc1. The molecule has 1 aliphatic heterocycles. The van der Waals surface area contributed by atoms with Crippen molar-refractivity contribution in [1.82, 2.24) is 15.2 Å². The number of piperazine rings is 1. The summed E-state index contributed by atoms with van der Waals surface area (Å²) in [6, 6.07) is 11.8. The summed E-state index contributed by atoms with van der Waals surface area (Å²) in [5.41, 5.74) is 3.22. The van der Waals surface area contributed by atoms with E-state index in [0.717, 1.165) is 42.6 Å². The molecule has 2 aliphatic rings. The van der Waals surface area contributed by atoms with Crippen molar-refractivity contribution < 1.29 is 4.79 Å². The van der Waals surface area contributed by atoms with E-state index in [9.17, 15) is 9.59 Å². The monoisotopic (exact) mass is 323 g/mol. The minimum absolute atomic E-state index is 0.0416. The Balaban J connectivity index is 1.69. The molecule has 1 unspecified atom stereocenters. The number of aryl methyl sites for hydroxylation is 2. The average molecular weight is 323 g/mol. The Morgan fingerprint density at radius 2 is 2.00 bits per heavy atom. The number of aromatic amines is 1. The number of pyridine rings is 1. The standard InChI is InChI=1S/C19H21N3O2/c23-18-15(11-14-7-4-8-16(14)21-18)19(24)22-10-9-20-12-17(22)13-5-2-1-3-6-13/h1-3,5-6,11,17,20H,4,7-10,12H2,(H,21,23). The summed E-state index contributed by atoms with van der Waals surface area (Å²) < 4.78 is 0. The van der Waals surface area contributed by atoms with Crippen molar-refractivity contribution in [3.63, 3.8) is 0 Å². The Morgan fingerprint density at radius 3 is 2.83 bits per heavy atom. The third kappa shape index (κ3) is 2.65. The van der Waals surface area contributed by atoms with Crippen molar-refractivity contribution in [2.24, 2.45) is 0 Å². The van der Waals surface area contributed by atoms with Crippen LogP contribution in [0.2, 0.25) is 0 Å². The summed E-state index contributed by atoms with van der Waals surface area (Å²) >= 11 is 0. The fourth-order valence-electron chi connectivity index (χ4n) is 3.75. The van der Waals surface area contributed by atoms with Gasteiger partial charge in [-0.1, -0.05) is 30.3 Å². The molecule has 1 atom stereocenters. The quantitative estimate of drug-likeness (QED) is 0.883. The number of nitrogens with zero attached hydrogens (tertiary/aromatic N) is 1. The zero-order valence-electron chi connectivity index (χ0n) is 13.5. The van der Waals surface area contributed by atoms with Crippen LogP contribution in [0, 0.1) is 0 Å². The fourth-order valence-corrected chi connectivity index (χ4v) is 3.75. The van der Waals surface area contributed by atoms with E-state index < -0.39 is 0 Å². The predicted octanol–water partition coefficient (Wildman–Crippen LogP) is 1.65. The molecule has 5 nitrogen and oxygen atoms in total. The van der Waals surface area contributed by atoms with Crippen LogP contribution in [0.25, 0.3) is 0 Å². The lowest BCUT2D eigenvalue weighted by molar-refractivity contribution is 0.0632. The highest BCUT2D eigenvalue weighted by atomic mass is 16.2. The van der Waals surface area contributed by atoms with E-state index in [1.54, 1.807) is 0 Å². The van der Waals surface area contributed by atoms with Gasteiger partial charge < -0.3 is 15.2 Å². The second-order valence-corrected chi connectivity index (χ2v) is 6.50. The van der Waals surface area contributed by atoms with Crippen molar-refractivity contribution in [2.45, 2.75) is 25.3 Å². The number of hydrogen-bond donors (Lipinski definition) is 2. The van der Waals surface area contributed by atoms with Crippen LogP contribution in [0.1, 0.15) is 39.6 Å². The number of amides is 1. The highest BCUT2D eigenvalue weighted by Crippen LogP contribution is 2.25. The number of benzene rings is 1. The Hall–Kier alpha value is -2.40. The Morgan fingerprint density at radius 1 is 1.17 bits per heavy atom. The minimum Gasteiger partial charge on any atom is -0.329 e. The molecule has 24 heavy (non-hydrogen) atoms. The molecular weight excluding hydrogens is 302 g/mol. The van der Waals surface area contributed by atoms with E-state index in [1.165, 1.54) is 0 Å².